The van der Waals surface area contributed by atoms with E-state index in [1.54, 1.807) is 0 Å². The van der Waals surface area contributed by atoms with Crippen LogP contribution in [0, 0.1) is 6.92 Å². The Kier molecular flexibility index (Phi) is 2.59. The molecule has 78 valence electrons. The first-order valence-electron chi connectivity index (χ1n) is 5.43. The third-order valence-electron chi connectivity index (χ3n) is 3.33. The molecule has 2 rings (SSSR count). The largest absolute Gasteiger partial charge is 0.307 e. The van der Waals surface area contributed by atoms with Gasteiger partial charge in [-0.3, -0.25) is 4.68 Å². The monoisotopic (exact) mass is 193 g/mol. The molecule has 1 aromatic rings. The number of nitrogens with zero attached hydrogens (tertiary/aromatic N) is 2. The van der Waals surface area contributed by atoms with Crippen molar-refractivity contribution in [3.8, 4) is 0 Å². The summed E-state index contributed by atoms with van der Waals surface area (Å²) in [7, 11) is 1.99. The van der Waals surface area contributed by atoms with E-state index in [2.05, 4.69) is 24.3 Å². The normalized spacial score (nSPS) is 19.4. The van der Waals surface area contributed by atoms with E-state index in [4.69, 9.17) is 0 Å². The first-order valence-corrected chi connectivity index (χ1v) is 5.43. The van der Waals surface area contributed by atoms with Crippen LogP contribution in [0.1, 0.15) is 43.5 Å². The molecular weight excluding hydrogens is 174 g/mol. The molecule has 1 fully saturated rings. The predicted octanol–water partition coefficient (Wildman–Crippen LogP) is 1.93. The lowest BCUT2D eigenvalue weighted by Crippen LogP contribution is -2.36. The fourth-order valence-corrected chi connectivity index (χ4v) is 1.96. The van der Waals surface area contributed by atoms with Crippen LogP contribution in [0.3, 0.4) is 0 Å². The lowest BCUT2D eigenvalue weighted by Gasteiger charge is -2.30. The number of aryl methyl sites for hydroxylation is 1. The van der Waals surface area contributed by atoms with Gasteiger partial charge < -0.3 is 5.32 Å². The van der Waals surface area contributed by atoms with Crippen molar-refractivity contribution >= 4 is 0 Å². The number of rotatable bonds is 3. The summed E-state index contributed by atoms with van der Waals surface area (Å²) in [5.41, 5.74) is 2.60. The average molecular weight is 193 g/mol. The molecule has 1 unspecified atom stereocenters. The highest BCUT2D eigenvalue weighted by atomic mass is 15.3. The SMILES string of the molecule is Cc1c(C(C)NC2CCC2)cnn1C. The van der Waals surface area contributed by atoms with Crippen LogP contribution in [0.2, 0.25) is 0 Å². The van der Waals surface area contributed by atoms with Crippen molar-refractivity contribution in [3.05, 3.63) is 17.5 Å². The van der Waals surface area contributed by atoms with Crippen LogP contribution in [0.25, 0.3) is 0 Å². The van der Waals surface area contributed by atoms with E-state index in [0.29, 0.717) is 6.04 Å². The summed E-state index contributed by atoms with van der Waals surface area (Å²) in [6, 6.07) is 1.18. The van der Waals surface area contributed by atoms with Crippen LogP contribution in [-0.2, 0) is 7.05 Å². The third kappa shape index (κ3) is 1.69. The summed E-state index contributed by atoms with van der Waals surface area (Å²) in [6.45, 7) is 4.35. The van der Waals surface area contributed by atoms with E-state index in [1.165, 1.54) is 30.5 Å². The molecule has 0 saturated heterocycles. The molecule has 0 radical (unpaired) electrons. The van der Waals surface area contributed by atoms with Crippen molar-refractivity contribution in [3.63, 3.8) is 0 Å². The van der Waals surface area contributed by atoms with Crippen LogP contribution >= 0.6 is 0 Å². The van der Waals surface area contributed by atoms with Crippen molar-refractivity contribution in [2.75, 3.05) is 0 Å². The van der Waals surface area contributed by atoms with Crippen LogP contribution in [-0.4, -0.2) is 15.8 Å². The Morgan fingerprint density at radius 3 is 2.71 bits per heavy atom. The highest BCUT2D eigenvalue weighted by Crippen LogP contribution is 2.23. The predicted molar refractivity (Wildman–Crippen MR) is 57.1 cm³/mol. The van der Waals surface area contributed by atoms with Gasteiger partial charge in [-0.25, -0.2) is 0 Å². The molecule has 1 aromatic heterocycles. The highest BCUT2D eigenvalue weighted by Gasteiger charge is 2.21. The summed E-state index contributed by atoms with van der Waals surface area (Å²) in [4.78, 5) is 0. The maximum atomic E-state index is 4.27. The molecule has 0 aromatic carbocycles. The maximum absolute atomic E-state index is 4.27. The molecule has 3 nitrogen and oxygen atoms in total. The quantitative estimate of drug-likeness (QED) is 0.795. The summed E-state index contributed by atoms with van der Waals surface area (Å²) >= 11 is 0. The van der Waals surface area contributed by atoms with Gasteiger partial charge in [0.25, 0.3) is 0 Å². The first-order chi connectivity index (χ1) is 6.68. The van der Waals surface area contributed by atoms with E-state index in [9.17, 15) is 0 Å². The van der Waals surface area contributed by atoms with Crippen LogP contribution in [0.5, 0.6) is 0 Å². The molecule has 0 spiro atoms. The van der Waals surface area contributed by atoms with Gasteiger partial charge in [-0.15, -0.1) is 0 Å². The standard InChI is InChI=1S/C11H19N3/c1-8(13-10-5-4-6-10)11-7-12-14(3)9(11)2/h7-8,10,13H,4-6H2,1-3H3. The Morgan fingerprint density at radius 1 is 1.57 bits per heavy atom. The lowest BCUT2D eigenvalue weighted by atomic mass is 9.92. The van der Waals surface area contributed by atoms with Crippen molar-refractivity contribution in [2.45, 2.75) is 45.2 Å². The molecule has 3 heteroatoms. The first kappa shape index (κ1) is 9.71. The Bertz CT molecular complexity index is 312. The Labute approximate surface area is 85.5 Å². The minimum atomic E-state index is 0.439. The molecule has 1 aliphatic rings. The van der Waals surface area contributed by atoms with Gasteiger partial charge in [0.2, 0.25) is 0 Å². The molecule has 1 atom stereocenters. The average Bonchev–Trinajstić information content (AvgIpc) is 2.41. The lowest BCUT2D eigenvalue weighted by molar-refractivity contribution is 0.313. The van der Waals surface area contributed by atoms with Gasteiger partial charge in [-0.05, 0) is 26.7 Å². The van der Waals surface area contributed by atoms with Crippen LogP contribution in [0.4, 0.5) is 0 Å². The van der Waals surface area contributed by atoms with Gasteiger partial charge in [0.05, 0.1) is 6.20 Å². The zero-order valence-electron chi connectivity index (χ0n) is 9.25. The van der Waals surface area contributed by atoms with Gasteiger partial charge in [0, 0.05) is 30.4 Å². The van der Waals surface area contributed by atoms with Gasteiger partial charge in [-0.1, -0.05) is 6.42 Å². The molecule has 0 aliphatic heterocycles. The van der Waals surface area contributed by atoms with Crippen molar-refractivity contribution in [1.29, 1.82) is 0 Å². The smallest absolute Gasteiger partial charge is 0.0540 e. The second-order valence-electron chi connectivity index (χ2n) is 4.33. The topological polar surface area (TPSA) is 29.9 Å². The number of aromatic nitrogens is 2. The van der Waals surface area contributed by atoms with E-state index >= 15 is 0 Å². The van der Waals surface area contributed by atoms with Crippen molar-refractivity contribution < 1.29 is 0 Å². The Hall–Kier alpha value is -0.830. The maximum Gasteiger partial charge on any atom is 0.0540 e. The fourth-order valence-electron chi connectivity index (χ4n) is 1.96. The second kappa shape index (κ2) is 3.73. The summed E-state index contributed by atoms with van der Waals surface area (Å²) in [5, 5.41) is 7.90. The second-order valence-corrected chi connectivity index (χ2v) is 4.33. The van der Waals surface area contributed by atoms with Crippen LogP contribution < -0.4 is 5.32 Å². The third-order valence-corrected chi connectivity index (χ3v) is 3.33. The fraction of sp³-hybridized carbons (Fsp3) is 0.727. The minimum absolute atomic E-state index is 0.439. The Balaban J connectivity index is 2.02. The number of nitrogens with one attached hydrogen (secondary N) is 1. The number of hydrogen-bond acceptors (Lipinski definition) is 2. The van der Waals surface area contributed by atoms with Gasteiger partial charge in [0.1, 0.15) is 0 Å². The highest BCUT2D eigenvalue weighted by molar-refractivity contribution is 5.19. The molecule has 0 bridgehead atoms. The molecule has 14 heavy (non-hydrogen) atoms. The van der Waals surface area contributed by atoms with Gasteiger partial charge in [-0.2, -0.15) is 5.10 Å². The van der Waals surface area contributed by atoms with Crippen molar-refractivity contribution in [1.82, 2.24) is 15.1 Å². The summed E-state index contributed by atoms with van der Waals surface area (Å²) < 4.78 is 1.94. The van der Waals surface area contributed by atoms with Crippen molar-refractivity contribution in [2.24, 2.45) is 7.05 Å². The van der Waals surface area contributed by atoms with E-state index in [-0.39, 0.29) is 0 Å². The Morgan fingerprint density at radius 2 is 2.29 bits per heavy atom. The van der Waals surface area contributed by atoms with Gasteiger partial charge in [0.15, 0.2) is 0 Å². The van der Waals surface area contributed by atoms with E-state index in [1.807, 2.05) is 17.9 Å². The molecule has 1 heterocycles. The molecule has 1 aliphatic carbocycles. The molecule has 1 saturated carbocycles. The van der Waals surface area contributed by atoms with Gasteiger partial charge >= 0.3 is 0 Å². The zero-order valence-corrected chi connectivity index (χ0v) is 9.25. The molecular formula is C11H19N3. The van der Waals surface area contributed by atoms with E-state index in [0.717, 1.165) is 6.04 Å². The minimum Gasteiger partial charge on any atom is -0.307 e. The summed E-state index contributed by atoms with van der Waals surface area (Å²) in [5.74, 6) is 0. The van der Waals surface area contributed by atoms with Crippen LogP contribution in [0.15, 0.2) is 6.20 Å². The molecule has 0 amide bonds. The summed E-state index contributed by atoms with van der Waals surface area (Å²) in [6.07, 6.45) is 6.04. The number of hydrogen-bond donors (Lipinski definition) is 1. The van der Waals surface area contributed by atoms with E-state index < -0.39 is 0 Å². The molecule has 1 N–H and O–H groups in total. The zero-order chi connectivity index (χ0) is 10.1.